The first-order chi connectivity index (χ1) is 13.2. The minimum Gasteiger partial charge on any atom is -0.397 e. The lowest BCUT2D eigenvalue weighted by Gasteiger charge is -2.08. The summed E-state index contributed by atoms with van der Waals surface area (Å²) in [6.45, 7) is 2.21. The van der Waals surface area contributed by atoms with Gasteiger partial charge in [0.25, 0.3) is 0 Å². The maximum absolute atomic E-state index is 6.59. The summed E-state index contributed by atoms with van der Waals surface area (Å²) in [5.41, 5.74) is 10.6. The van der Waals surface area contributed by atoms with E-state index >= 15 is 0 Å². The first-order valence-electron chi connectivity index (χ1n) is 9.08. The number of hydrogen-bond acceptors (Lipinski definition) is 5. The molecule has 4 nitrogen and oxygen atoms in total. The molecule has 0 saturated carbocycles. The van der Waals surface area contributed by atoms with Crippen molar-refractivity contribution in [3.8, 4) is 22.6 Å². The van der Waals surface area contributed by atoms with Crippen LogP contribution in [0.4, 0.5) is 5.69 Å². The third kappa shape index (κ3) is 3.47. The number of imidazole rings is 1. The minimum absolute atomic E-state index is 0.855. The summed E-state index contributed by atoms with van der Waals surface area (Å²) in [4.78, 5) is 10.4. The molecular weight excluding hydrogens is 372 g/mol. The SMILES string of the molecule is CCCCSc1sc2nc(-c3nccn3C)cc(-c3ccccc3)c2c1N. The fourth-order valence-electron chi connectivity index (χ4n) is 3.09. The quantitative estimate of drug-likeness (QED) is 0.330. The van der Waals surface area contributed by atoms with Crippen molar-refractivity contribution < 1.29 is 0 Å². The van der Waals surface area contributed by atoms with Crippen LogP contribution in [0, 0.1) is 0 Å². The number of unbranched alkanes of at least 4 members (excludes halogenated alkanes) is 1. The topological polar surface area (TPSA) is 56.7 Å². The van der Waals surface area contributed by atoms with Crippen molar-refractivity contribution in [2.24, 2.45) is 7.05 Å². The smallest absolute Gasteiger partial charge is 0.158 e. The summed E-state index contributed by atoms with van der Waals surface area (Å²) in [7, 11) is 1.99. The molecule has 0 unspecified atom stereocenters. The minimum atomic E-state index is 0.855. The lowest BCUT2D eigenvalue weighted by molar-refractivity contribution is 0.897. The van der Waals surface area contributed by atoms with Gasteiger partial charge in [-0.3, -0.25) is 0 Å². The monoisotopic (exact) mass is 394 g/mol. The molecule has 138 valence electrons. The summed E-state index contributed by atoms with van der Waals surface area (Å²) in [6.07, 6.45) is 6.13. The highest BCUT2D eigenvalue weighted by Crippen LogP contribution is 2.45. The fourth-order valence-corrected chi connectivity index (χ4v) is 5.54. The van der Waals surface area contributed by atoms with E-state index in [0.717, 1.165) is 44.3 Å². The molecule has 4 aromatic rings. The molecule has 0 aliphatic rings. The first-order valence-corrected chi connectivity index (χ1v) is 10.9. The highest BCUT2D eigenvalue weighted by molar-refractivity contribution is 8.01. The summed E-state index contributed by atoms with van der Waals surface area (Å²) in [6, 6.07) is 12.5. The molecule has 6 heteroatoms. The average molecular weight is 395 g/mol. The molecule has 0 saturated heterocycles. The molecule has 0 aliphatic heterocycles. The van der Waals surface area contributed by atoms with Crippen LogP contribution in [0.2, 0.25) is 0 Å². The third-order valence-electron chi connectivity index (χ3n) is 4.53. The number of pyridine rings is 1. The van der Waals surface area contributed by atoms with Gasteiger partial charge in [-0.1, -0.05) is 43.7 Å². The zero-order chi connectivity index (χ0) is 18.8. The van der Waals surface area contributed by atoms with E-state index in [2.05, 4.69) is 42.2 Å². The van der Waals surface area contributed by atoms with E-state index in [1.54, 1.807) is 17.5 Å². The van der Waals surface area contributed by atoms with E-state index in [4.69, 9.17) is 10.7 Å². The lowest BCUT2D eigenvalue weighted by Crippen LogP contribution is -1.95. The third-order valence-corrected chi connectivity index (χ3v) is 7.00. The Morgan fingerprint density at radius 3 is 2.74 bits per heavy atom. The van der Waals surface area contributed by atoms with Crippen LogP contribution in [0.25, 0.3) is 32.9 Å². The van der Waals surface area contributed by atoms with Crippen molar-refractivity contribution in [2.75, 3.05) is 11.5 Å². The second-order valence-electron chi connectivity index (χ2n) is 6.47. The summed E-state index contributed by atoms with van der Waals surface area (Å²) in [5.74, 6) is 1.95. The number of aromatic nitrogens is 3. The van der Waals surface area contributed by atoms with Crippen molar-refractivity contribution in [2.45, 2.75) is 24.0 Å². The Morgan fingerprint density at radius 1 is 1.22 bits per heavy atom. The van der Waals surface area contributed by atoms with Crippen LogP contribution in [0.5, 0.6) is 0 Å². The van der Waals surface area contributed by atoms with Crippen LogP contribution in [0.3, 0.4) is 0 Å². The second kappa shape index (κ2) is 7.74. The maximum Gasteiger partial charge on any atom is 0.158 e. The Hall–Kier alpha value is -2.31. The lowest BCUT2D eigenvalue weighted by atomic mass is 10.0. The number of nitrogens with two attached hydrogens (primary N) is 1. The molecule has 27 heavy (non-hydrogen) atoms. The highest BCUT2D eigenvalue weighted by atomic mass is 32.2. The van der Waals surface area contributed by atoms with Crippen LogP contribution in [-0.4, -0.2) is 20.3 Å². The van der Waals surface area contributed by atoms with Gasteiger partial charge in [0, 0.05) is 24.8 Å². The van der Waals surface area contributed by atoms with Gasteiger partial charge in [0.15, 0.2) is 5.82 Å². The van der Waals surface area contributed by atoms with Gasteiger partial charge in [-0.15, -0.1) is 23.1 Å². The molecule has 3 aromatic heterocycles. The molecule has 0 aliphatic carbocycles. The number of thiophene rings is 1. The molecule has 3 heterocycles. The van der Waals surface area contributed by atoms with Crippen molar-refractivity contribution in [3.63, 3.8) is 0 Å². The predicted molar refractivity (Wildman–Crippen MR) is 117 cm³/mol. The number of anilines is 1. The molecule has 0 bridgehead atoms. The molecule has 1 aromatic carbocycles. The zero-order valence-electron chi connectivity index (χ0n) is 15.5. The molecule has 0 spiro atoms. The Balaban J connectivity index is 1.92. The first kappa shape index (κ1) is 18.1. The van der Waals surface area contributed by atoms with Gasteiger partial charge in [-0.05, 0) is 29.4 Å². The predicted octanol–water partition coefficient (Wildman–Crippen LogP) is 5.84. The molecule has 0 atom stereocenters. The Kier molecular flexibility index (Phi) is 5.18. The van der Waals surface area contributed by atoms with Crippen LogP contribution in [-0.2, 0) is 7.05 Å². The number of hydrogen-bond donors (Lipinski definition) is 1. The Morgan fingerprint density at radius 2 is 2.04 bits per heavy atom. The summed E-state index contributed by atoms with van der Waals surface area (Å²) >= 11 is 3.53. The number of benzene rings is 1. The van der Waals surface area contributed by atoms with Gasteiger partial charge in [0.05, 0.1) is 9.90 Å². The average Bonchev–Trinajstić information content (AvgIpc) is 3.25. The molecule has 0 fully saturated rings. The number of fused-ring (bicyclic) bond motifs is 1. The fraction of sp³-hybridized carbons (Fsp3) is 0.238. The second-order valence-corrected chi connectivity index (χ2v) is 8.83. The normalized spacial score (nSPS) is 11.3. The number of nitrogens with zero attached hydrogens (tertiary/aromatic N) is 3. The van der Waals surface area contributed by atoms with Gasteiger partial charge in [-0.2, -0.15) is 0 Å². The largest absolute Gasteiger partial charge is 0.397 e. The van der Waals surface area contributed by atoms with Crippen molar-refractivity contribution >= 4 is 39.0 Å². The number of aryl methyl sites for hydroxylation is 1. The summed E-state index contributed by atoms with van der Waals surface area (Å²) < 4.78 is 3.16. The Labute approximate surface area is 167 Å². The van der Waals surface area contributed by atoms with Crippen molar-refractivity contribution in [3.05, 3.63) is 48.8 Å². The van der Waals surface area contributed by atoms with E-state index < -0.39 is 0 Å². The van der Waals surface area contributed by atoms with E-state index in [9.17, 15) is 0 Å². The van der Waals surface area contributed by atoms with Gasteiger partial charge >= 0.3 is 0 Å². The number of thioether (sulfide) groups is 1. The number of nitrogen functional groups attached to an aromatic ring is 1. The molecule has 4 rings (SSSR count). The van der Waals surface area contributed by atoms with Gasteiger partial charge in [0.2, 0.25) is 0 Å². The molecule has 0 amide bonds. The van der Waals surface area contributed by atoms with E-state index in [-0.39, 0.29) is 0 Å². The van der Waals surface area contributed by atoms with Crippen LogP contribution < -0.4 is 5.73 Å². The molecule has 2 N–H and O–H groups in total. The highest BCUT2D eigenvalue weighted by Gasteiger charge is 2.19. The van der Waals surface area contributed by atoms with Crippen molar-refractivity contribution in [1.29, 1.82) is 0 Å². The van der Waals surface area contributed by atoms with Crippen molar-refractivity contribution in [1.82, 2.24) is 14.5 Å². The molecular formula is C21H22N4S2. The van der Waals surface area contributed by atoms with E-state index in [0.29, 0.717) is 0 Å². The van der Waals surface area contributed by atoms with Crippen LogP contribution >= 0.6 is 23.1 Å². The van der Waals surface area contributed by atoms with E-state index in [1.165, 1.54) is 17.1 Å². The zero-order valence-corrected chi connectivity index (χ0v) is 17.1. The standard InChI is InChI=1S/C21H22N4S2/c1-3-4-12-26-21-18(22)17-15(14-8-6-5-7-9-14)13-16(24-20(17)27-21)19-23-10-11-25(19)2/h5-11,13H,3-4,12,22H2,1-2H3. The van der Waals surface area contributed by atoms with Gasteiger partial charge in [0.1, 0.15) is 10.5 Å². The van der Waals surface area contributed by atoms with Crippen LogP contribution in [0.1, 0.15) is 19.8 Å². The Bertz CT molecular complexity index is 1070. The van der Waals surface area contributed by atoms with Crippen LogP contribution in [0.15, 0.2) is 53.0 Å². The number of rotatable bonds is 6. The molecule has 0 radical (unpaired) electrons. The van der Waals surface area contributed by atoms with Gasteiger partial charge in [-0.25, -0.2) is 9.97 Å². The summed E-state index contributed by atoms with van der Waals surface area (Å²) in [5, 5.41) is 1.06. The van der Waals surface area contributed by atoms with E-state index in [1.807, 2.05) is 35.6 Å². The van der Waals surface area contributed by atoms with Gasteiger partial charge < -0.3 is 10.3 Å². The maximum atomic E-state index is 6.59.